The van der Waals surface area contributed by atoms with Crippen molar-refractivity contribution in [1.29, 1.82) is 0 Å². The van der Waals surface area contributed by atoms with E-state index in [0.29, 0.717) is 18.1 Å². The molecular weight excluding hydrogens is 356 g/mol. The van der Waals surface area contributed by atoms with Gasteiger partial charge in [0.1, 0.15) is 17.2 Å². The number of carboxylic acid groups (broad SMARTS) is 1. The Bertz CT molecular complexity index is 966. The number of fused-ring (bicyclic) bond motifs is 1. The van der Waals surface area contributed by atoms with Crippen molar-refractivity contribution >= 4 is 5.97 Å². The van der Waals surface area contributed by atoms with E-state index in [4.69, 9.17) is 14.6 Å². The van der Waals surface area contributed by atoms with Crippen LogP contribution < -0.4 is 9.47 Å². The van der Waals surface area contributed by atoms with Gasteiger partial charge in [-0.25, -0.2) is 4.79 Å². The van der Waals surface area contributed by atoms with Crippen molar-refractivity contribution in [1.82, 2.24) is 0 Å². The first-order valence-corrected chi connectivity index (χ1v) is 9.07. The average molecular weight is 376 g/mol. The minimum atomic E-state index is -1.01. The largest absolute Gasteiger partial charge is 0.508 e. The van der Waals surface area contributed by atoms with Gasteiger partial charge in [-0.05, 0) is 29.3 Å². The Hall–Kier alpha value is -3.47. The minimum Gasteiger partial charge on any atom is -0.508 e. The molecule has 3 aromatic carbocycles. The molecule has 28 heavy (non-hydrogen) atoms. The average Bonchev–Trinajstić information content (AvgIpc) is 2.72. The highest BCUT2D eigenvalue weighted by atomic mass is 16.5. The summed E-state index contributed by atoms with van der Waals surface area (Å²) in [4.78, 5) is 10.7. The molecule has 0 unspecified atom stereocenters. The second kappa shape index (κ2) is 7.64. The first-order valence-electron chi connectivity index (χ1n) is 9.07. The van der Waals surface area contributed by atoms with Crippen LogP contribution in [0.3, 0.4) is 0 Å². The van der Waals surface area contributed by atoms with Gasteiger partial charge < -0.3 is 19.7 Å². The molecule has 0 radical (unpaired) electrons. The molecule has 5 heteroatoms. The van der Waals surface area contributed by atoms with Gasteiger partial charge in [0.2, 0.25) is 0 Å². The lowest BCUT2D eigenvalue weighted by atomic mass is 9.76. The van der Waals surface area contributed by atoms with E-state index < -0.39 is 5.97 Å². The van der Waals surface area contributed by atoms with Crippen molar-refractivity contribution in [3.63, 3.8) is 0 Å². The summed E-state index contributed by atoms with van der Waals surface area (Å²) < 4.78 is 11.2. The van der Waals surface area contributed by atoms with Gasteiger partial charge in [-0.2, -0.15) is 0 Å². The zero-order valence-corrected chi connectivity index (χ0v) is 15.1. The van der Waals surface area contributed by atoms with Crippen LogP contribution in [-0.2, 0) is 4.79 Å². The molecule has 0 aliphatic carbocycles. The summed E-state index contributed by atoms with van der Waals surface area (Å²) in [6.45, 7) is 0.133. The molecule has 0 fully saturated rings. The van der Waals surface area contributed by atoms with Gasteiger partial charge in [0.25, 0.3) is 0 Å². The topological polar surface area (TPSA) is 76.0 Å². The third kappa shape index (κ3) is 3.64. The van der Waals surface area contributed by atoms with Crippen LogP contribution in [0.2, 0.25) is 0 Å². The number of phenols is 1. The Balaban J connectivity index is 1.72. The molecular formula is C23H20O5. The fourth-order valence-corrected chi connectivity index (χ4v) is 3.71. The first-order chi connectivity index (χ1) is 13.6. The summed E-state index contributed by atoms with van der Waals surface area (Å²) in [5, 5.41) is 18.6. The third-order valence-electron chi connectivity index (χ3n) is 4.98. The molecule has 0 saturated heterocycles. The van der Waals surface area contributed by atoms with Gasteiger partial charge >= 0.3 is 5.97 Å². The summed E-state index contributed by atoms with van der Waals surface area (Å²) >= 11 is 0. The summed E-state index contributed by atoms with van der Waals surface area (Å²) in [6.07, 6.45) is 0. The van der Waals surface area contributed by atoms with E-state index in [1.54, 1.807) is 24.3 Å². The Morgan fingerprint density at radius 3 is 2.46 bits per heavy atom. The third-order valence-corrected chi connectivity index (χ3v) is 4.98. The maximum Gasteiger partial charge on any atom is 0.341 e. The number of aliphatic carboxylic acids is 1. The van der Waals surface area contributed by atoms with Gasteiger partial charge in [-0.15, -0.1) is 0 Å². The molecule has 2 N–H and O–H groups in total. The van der Waals surface area contributed by atoms with Crippen molar-refractivity contribution in [2.75, 3.05) is 13.2 Å². The van der Waals surface area contributed by atoms with E-state index in [9.17, 15) is 9.90 Å². The molecule has 1 aliphatic heterocycles. The first kappa shape index (κ1) is 17.9. The molecule has 5 nitrogen and oxygen atoms in total. The Morgan fingerprint density at radius 1 is 1.00 bits per heavy atom. The lowest BCUT2D eigenvalue weighted by Crippen LogP contribution is -2.25. The highest BCUT2D eigenvalue weighted by Gasteiger charge is 2.33. The monoisotopic (exact) mass is 376 g/mol. The van der Waals surface area contributed by atoms with Crippen LogP contribution in [-0.4, -0.2) is 29.4 Å². The maximum atomic E-state index is 10.7. The van der Waals surface area contributed by atoms with Crippen LogP contribution in [0.4, 0.5) is 0 Å². The van der Waals surface area contributed by atoms with Crippen molar-refractivity contribution in [2.45, 2.75) is 11.8 Å². The molecule has 2 atom stereocenters. The Morgan fingerprint density at radius 2 is 1.75 bits per heavy atom. The quantitative estimate of drug-likeness (QED) is 0.699. The Kier molecular flexibility index (Phi) is 4.89. The van der Waals surface area contributed by atoms with Crippen LogP contribution >= 0.6 is 0 Å². The molecule has 4 rings (SSSR count). The molecule has 1 heterocycles. The van der Waals surface area contributed by atoms with Crippen molar-refractivity contribution in [2.24, 2.45) is 0 Å². The van der Waals surface area contributed by atoms with Gasteiger partial charge in [0, 0.05) is 23.5 Å². The summed E-state index contributed by atoms with van der Waals surface area (Å²) in [5.74, 6) is 0.521. The number of carboxylic acids is 1. The summed E-state index contributed by atoms with van der Waals surface area (Å²) in [7, 11) is 0. The van der Waals surface area contributed by atoms with E-state index in [-0.39, 0.29) is 24.2 Å². The van der Waals surface area contributed by atoms with Gasteiger partial charge in [0.05, 0.1) is 6.61 Å². The number of phenolic OH excluding ortho intramolecular Hbond substituents is 1. The number of benzene rings is 3. The highest BCUT2D eigenvalue weighted by molar-refractivity contribution is 5.68. The zero-order chi connectivity index (χ0) is 19.5. The number of ether oxygens (including phenoxy) is 2. The SMILES string of the molecule is O=C(O)COc1ccc([C@H]2c3ccc(O)cc3OC[C@H]2c2ccccc2)cc1. The number of carbonyl (C=O) groups is 1. The van der Waals surface area contributed by atoms with Crippen molar-refractivity contribution in [3.8, 4) is 17.2 Å². The van der Waals surface area contributed by atoms with E-state index in [2.05, 4.69) is 12.1 Å². The normalized spacial score (nSPS) is 18.0. The molecule has 3 aromatic rings. The highest BCUT2D eigenvalue weighted by Crippen LogP contribution is 2.47. The lowest BCUT2D eigenvalue weighted by molar-refractivity contribution is -0.139. The zero-order valence-electron chi connectivity index (χ0n) is 15.1. The molecule has 0 bridgehead atoms. The smallest absolute Gasteiger partial charge is 0.341 e. The van der Waals surface area contributed by atoms with Gasteiger partial charge in [-0.3, -0.25) is 0 Å². The standard InChI is InChI=1S/C23H20O5/c24-17-8-11-19-21(12-17)28-13-20(15-4-2-1-3-5-15)23(19)16-6-9-18(10-7-16)27-14-22(25)26/h1-12,20,23-24H,13-14H2,(H,25,26)/t20-,23-/m0/s1. The molecule has 1 aliphatic rings. The molecule has 0 spiro atoms. The predicted molar refractivity (Wildman–Crippen MR) is 104 cm³/mol. The fourth-order valence-electron chi connectivity index (χ4n) is 3.71. The van der Waals surface area contributed by atoms with E-state index >= 15 is 0 Å². The molecule has 0 aromatic heterocycles. The van der Waals surface area contributed by atoms with E-state index in [0.717, 1.165) is 11.1 Å². The van der Waals surface area contributed by atoms with Gasteiger partial charge in [0.15, 0.2) is 6.61 Å². The van der Waals surface area contributed by atoms with Crippen LogP contribution in [0.25, 0.3) is 0 Å². The predicted octanol–water partition coefficient (Wildman–Crippen LogP) is 4.16. The Labute approximate surface area is 162 Å². The maximum absolute atomic E-state index is 10.7. The summed E-state index contributed by atoms with van der Waals surface area (Å²) in [6, 6.07) is 22.9. The number of hydrogen-bond donors (Lipinski definition) is 2. The van der Waals surface area contributed by atoms with Crippen molar-refractivity contribution < 1.29 is 24.5 Å². The molecule has 142 valence electrons. The van der Waals surface area contributed by atoms with Crippen molar-refractivity contribution in [3.05, 3.63) is 89.5 Å². The van der Waals surface area contributed by atoms with Crippen LogP contribution in [0.1, 0.15) is 28.5 Å². The lowest BCUT2D eigenvalue weighted by Gasteiger charge is -2.34. The number of rotatable bonds is 5. The van der Waals surface area contributed by atoms with Crippen LogP contribution in [0.5, 0.6) is 17.2 Å². The number of hydrogen-bond acceptors (Lipinski definition) is 4. The number of aromatic hydroxyl groups is 1. The van der Waals surface area contributed by atoms with E-state index in [1.165, 1.54) is 5.56 Å². The second-order valence-electron chi connectivity index (χ2n) is 6.78. The van der Waals surface area contributed by atoms with Crippen LogP contribution in [0, 0.1) is 0 Å². The van der Waals surface area contributed by atoms with Crippen LogP contribution in [0.15, 0.2) is 72.8 Å². The fraction of sp³-hybridized carbons (Fsp3) is 0.174. The molecule has 0 amide bonds. The molecule has 0 saturated carbocycles. The summed E-state index contributed by atoms with van der Waals surface area (Å²) in [5.41, 5.74) is 3.27. The van der Waals surface area contributed by atoms with E-state index in [1.807, 2.05) is 36.4 Å². The second-order valence-corrected chi connectivity index (χ2v) is 6.78. The van der Waals surface area contributed by atoms with Gasteiger partial charge in [-0.1, -0.05) is 48.5 Å². The minimum absolute atomic E-state index is 0.0419.